The van der Waals surface area contributed by atoms with Crippen LogP contribution in [0.25, 0.3) is 0 Å². The summed E-state index contributed by atoms with van der Waals surface area (Å²) in [5, 5.41) is 0. The van der Waals surface area contributed by atoms with Gasteiger partial charge in [-0.05, 0) is 0 Å². The number of piperazine rings is 1. The van der Waals surface area contributed by atoms with Gasteiger partial charge < -0.3 is 15.5 Å². The standard InChI is InChI=1S/C6H13N3O/c1-8-2-4-9(5-3-8)6(7)10/h8H,1-5H2,(H2,7,10). The minimum absolute atomic E-state index is 0.312. The van der Waals surface area contributed by atoms with Crippen LogP contribution in [0.2, 0.25) is 0 Å². The van der Waals surface area contributed by atoms with E-state index in [2.05, 4.69) is 7.05 Å². The molecule has 4 heteroatoms. The average molecular weight is 143 g/mol. The Kier molecular flexibility index (Phi) is 2.11. The minimum Gasteiger partial charge on any atom is -0.465 e. The van der Waals surface area contributed by atoms with Gasteiger partial charge in [-0.3, -0.25) is 0 Å². The van der Waals surface area contributed by atoms with E-state index in [0.717, 1.165) is 26.2 Å². The number of primary amides is 1. The Labute approximate surface area is 60.6 Å². The van der Waals surface area contributed by atoms with Crippen molar-refractivity contribution in [1.29, 1.82) is 0 Å². The van der Waals surface area contributed by atoms with Gasteiger partial charge in [-0.25, -0.2) is 4.79 Å². The van der Waals surface area contributed by atoms with Gasteiger partial charge in [0.1, 0.15) is 0 Å². The van der Waals surface area contributed by atoms with Crippen molar-refractivity contribution in [1.82, 2.24) is 4.90 Å². The Morgan fingerprint density at radius 3 is 2.40 bits per heavy atom. The predicted octanol–water partition coefficient (Wildman–Crippen LogP) is -1.94. The molecule has 1 fully saturated rings. The van der Waals surface area contributed by atoms with Gasteiger partial charge in [-0.15, -0.1) is 0 Å². The number of carbonyl (C=O) groups excluding carboxylic acids is 1. The number of carbonyl (C=O) groups is 1. The monoisotopic (exact) mass is 143 g/mol. The van der Waals surface area contributed by atoms with Crippen LogP contribution in [0.3, 0.4) is 0 Å². The predicted molar refractivity (Wildman–Crippen MR) is 37.2 cm³/mol. The number of quaternary nitrogens is 1. The molecule has 0 aromatic heterocycles. The molecule has 4 nitrogen and oxygen atoms in total. The lowest BCUT2D eigenvalue weighted by Crippen LogP contribution is -3.10. The first-order chi connectivity index (χ1) is 4.70. The Balaban J connectivity index is 2.33. The molecule has 1 aliphatic rings. The fourth-order valence-electron chi connectivity index (χ4n) is 1.04. The molecule has 58 valence electrons. The molecule has 0 radical (unpaired) electrons. The molecule has 0 aromatic carbocycles. The maximum atomic E-state index is 10.6. The first-order valence-corrected chi connectivity index (χ1v) is 3.41. The second-order valence-electron chi connectivity index (χ2n) is 2.58. The van der Waals surface area contributed by atoms with Crippen molar-refractivity contribution < 1.29 is 9.69 Å². The van der Waals surface area contributed by atoms with Crippen LogP contribution in [0.5, 0.6) is 0 Å². The van der Waals surface area contributed by atoms with Gasteiger partial charge in [0.05, 0.1) is 26.2 Å². The maximum absolute atomic E-state index is 10.6. The Morgan fingerprint density at radius 2 is 2.00 bits per heavy atom. The Morgan fingerprint density at radius 1 is 1.50 bits per heavy atom. The van der Waals surface area contributed by atoms with E-state index >= 15 is 0 Å². The molecule has 0 unspecified atom stereocenters. The van der Waals surface area contributed by atoms with Crippen molar-refractivity contribution in [3.63, 3.8) is 0 Å². The molecule has 10 heavy (non-hydrogen) atoms. The average Bonchev–Trinajstić information content (AvgIpc) is 1.88. The summed E-state index contributed by atoms with van der Waals surface area (Å²) in [6, 6.07) is -0.312. The van der Waals surface area contributed by atoms with Crippen molar-refractivity contribution in [2.75, 3.05) is 26.2 Å². The van der Waals surface area contributed by atoms with E-state index in [4.69, 9.17) is 5.73 Å². The number of rotatable bonds is 0. The zero-order valence-corrected chi connectivity index (χ0v) is 5.97. The van der Waals surface area contributed by atoms with Gasteiger partial charge in [0.15, 0.2) is 0 Å². The number of hydrogen-bond acceptors (Lipinski definition) is 1. The fraction of sp³-hybridized carbons (Fsp3) is 0.667. The van der Waals surface area contributed by atoms with E-state index in [1.807, 2.05) is 0 Å². The van der Waals surface area contributed by atoms with Crippen LogP contribution in [-0.4, -0.2) is 37.1 Å². The van der Waals surface area contributed by atoms with E-state index < -0.39 is 0 Å². The largest absolute Gasteiger partial charge is 0.465 e. The first-order valence-electron chi connectivity index (χ1n) is 3.41. The fourth-order valence-corrected chi connectivity index (χ4v) is 1.04. The second-order valence-corrected chi connectivity index (χ2v) is 2.58. The molecule has 0 aliphatic carbocycles. The van der Waals surface area contributed by atoms with Gasteiger partial charge in [0.25, 0.3) is 0 Å². The van der Waals surface area contributed by atoms with Crippen LogP contribution in [0.4, 0.5) is 4.79 Å². The zero-order chi connectivity index (χ0) is 7.56. The van der Waals surface area contributed by atoms with Crippen molar-refractivity contribution in [2.45, 2.75) is 0 Å². The maximum Gasteiger partial charge on any atom is 0.315 e. The summed E-state index contributed by atoms with van der Waals surface area (Å²) in [6.45, 7) is 3.30. The van der Waals surface area contributed by atoms with E-state index in [-0.39, 0.29) is 6.03 Å². The van der Waals surface area contributed by atoms with Crippen molar-refractivity contribution in [3.05, 3.63) is 7.05 Å². The van der Waals surface area contributed by atoms with Gasteiger partial charge in [-0.2, -0.15) is 7.05 Å². The Hall–Kier alpha value is -0.770. The minimum atomic E-state index is -0.312. The molecule has 0 spiro atoms. The van der Waals surface area contributed by atoms with Crippen LogP contribution in [0.15, 0.2) is 0 Å². The summed E-state index contributed by atoms with van der Waals surface area (Å²) in [4.78, 5) is 13.4. The summed E-state index contributed by atoms with van der Waals surface area (Å²) in [5.41, 5.74) is 5.07. The molecule has 0 bridgehead atoms. The molecule has 3 N–H and O–H groups in total. The number of amides is 2. The number of hydrogen-bond donors (Lipinski definition) is 2. The lowest BCUT2D eigenvalue weighted by molar-refractivity contribution is -0.858. The quantitative estimate of drug-likeness (QED) is 0.381. The lowest BCUT2D eigenvalue weighted by Gasteiger charge is -2.32. The summed E-state index contributed by atoms with van der Waals surface area (Å²) < 4.78 is 0. The van der Waals surface area contributed by atoms with Crippen LogP contribution in [-0.2, 0) is 0 Å². The third kappa shape index (κ3) is 1.60. The highest BCUT2D eigenvalue weighted by Crippen LogP contribution is 1.86. The number of nitrogens with two attached hydrogens (primary N) is 1. The van der Waals surface area contributed by atoms with Crippen LogP contribution in [0, 0.1) is 7.05 Å². The van der Waals surface area contributed by atoms with E-state index in [0.29, 0.717) is 0 Å². The topological polar surface area (TPSA) is 50.8 Å². The van der Waals surface area contributed by atoms with Crippen molar-refractivity contribution in [3.8, 4) is 0 Å². The zero-order valence-electron chi connectivity index (χ0n) is 5.97. The van der Waals surface area contributed by atoms with E-state index in [1.54, 1.807) is 4.90 Å². The highest BCUT2D eigenvalue weighted by atomic mass is 16.2. The Bertz CT molecular complexity index is 129. The molecule has 0 aromatic rings. The number of nitrogens with one attached hydrogen (secondary N) is 1. The number of nitrogens with zero attached hydrogens (tertiary/aromatic N) is 1. The molecule has 2 amide bonds. The molecule has 0 atom stereocenters. The third-order valence-electron chi connectivity index (χ3n) is 1.78. The van der Waals surface area contributed by atoms with Gasteiger partial charge in [-0.1, -0.05) is 0 Å². The molecular formula is C6H13N3O. The van der Waals surface area contributed by atoms with Crippen LogP contribution >= 0.6 is 0 Å². The van der Waals surface area contributed by atoms with Crippen LogP contribution in [0.1, 0.15) is 0 Å². The first kappa shape index (κ1) is 7.34. The number of urea groups is 1. The van der Waals surface area contributed by atoms with Gasteiger partial charge in [0, 0.05) is 0 Å². The van der Waals surface area contributed by atoms with E-state index in [1.165, 1.54) is 4.90 Å². The highest BCUT2D eigenvalue weighted by molar-refractivity contribution is 5.71. The van der Waals surface area contributed by atoms with Crippen molar-refractivity contribution >= 4 is 6.03 Å². The van der Waals surface area contributed by atoms with E-state index in [9.17, 15) is 4.79 Å². The molecule has 1 aliphatic heterocycles. The van der Waals surface area contributed by atoms with Crippen LogP contribution < -0.4 is 10.6 Å². The SMILES string of the molecule is [CH2-][NH+]1CCN(C(N)=O)CC1. The van der Waals surface area contributed by atoms with Gasteiger partial charge in [0.2, 0.25) is 0 Å². The summed E-state index contributed by atoms with van der Waals surface area (Å²) >= 11 is 0. The van der Waals surface area contributed by atoms with Crippen molar-refractivity contribution in [2.24, 2.45) is 5.73 Å². The molecule has 1 rings (SSSR count). The molecule has 1 heterocycles. The summed E-state index contributed by atoms with van der Waals surface area (Å²) in [6.07, 6.45) is 0. The summed E-state index contributed by atoms with van der Waals surface area (Å²) in [7, 11) is 3.83. The second kappa shape index (κ2) is 2.88. The van der Waals surface area contributed by atoms with Gasteiger partial charge >= 0.3 is 6.03 Å². The molecule has 1 saturated heterocycles. The third-order valence-corrected chi connectivity index (χ3v) is 1.78. The summed E-state index contributed by atoms with van der Waals surface area (Å²) in [5.74, 6) is 0. The smallest absolute Gasteiger partial charge is 0.315 e. The normalized spacial score (nSPS) is 21.1. The highest BCUT2D eigenvalue weighted by Gasteiger charge is 2.15. The lowest BCUT2D eigenvalue weighted by atomic mass is 10.3. The molecule has 0 saturated carbocycles. The molecular weight excluding hydrogens is 130 g/mol.